The average Bonchev–Trinajstić information content (AvgIpc) is 3.16. The van der Waals surface area contributed by atoms with E-state index in [1.54, 1.807) is 17.0 Å². The minimum atomic E-state index is -0.396. The van der Waals surface area contributed by atoms with Crippen molar-refractivity contribution in [1.29, 1.82) is 0 Å². The summed E-state index contributed by atoms with van der Waals surface area (Å²) in [7, 11) is 0. The van der Waals surface area contributed by atoms with Gasteiger partial charge < -0.3 is 9.42 Å². The molecule has 0 unspecified atom stereocenters. The lowest BCUT2D eigenvalue weighted by Gasteiger charge is -2.26. The van der Waals surface area contributed by atoms with Gasteiger partial charge in [0.15, 0.2) is 11.5 Å². The van der Waals surface area contributed by atoms with Crippen LogP contribution in [0.3, 0.4) is 0 Å². The maximum atomic E-state index is 13.0. The van der Waals surface area contributed by atoms with E-state index >= 15 is 0 Å². The Morgan fingerprint density at radius 1 is 1.07 bits per heavy atom. The molecule has 0 saturated carbocycles. The van der Waals surface area contributed by atoms with Gasteiger partial charge in [0.05, 0.1) is 12.2 Å². The van der Waals surface area contributed by atoms with Crippen LogP contribution in [0, 0.1) is 5.82 Å². The largest absolute Gasteiger partial charge is 0.356 e. The van der Waals surface area contributed by atoms with Crippen LogP contribution in [0.2, 0.25) is 5.02 Å². The second-order valence-corrected chi connectivity index (χ2v) is 7.38. The number of aromatic nitrogens is 1. The molecule has 2 aromatic carbocycles. The van der Waals surface area contributed by atoms with Crippen LogP contribution in [0.4, 0.5) is 4.39 Å². The van der Waals surface area contributed by atoms with Gasteiger partial charge in [-0.15, -0.1) is 0 Å². The van der Waals surface area contributed by atoms with Gasteiger partial charge in [-0.1, -0.05) is 16.8 Å². The Kier molecular flexibility index (Phi) is 5.45. The van der Waals surface area contributed by atoms with Crippen molar-refractivity contribution < 1.29 is 18.5 Å². The number of rotatable bonds is 5. The molecule has 0 spiro atoms. The van der Waals surface area contributed by atoms with Gasteiger partial charge in [-0.2, -0.15) is 0 Å². The SMILES string of the molecule is O=C(CCC(=O)N1CCc2noc(-c3ccc(Cl)cc3)c2C1)c1ccc(F)cc1. The number of carbonyl (C=O) groups is 2. The van der Waals surface area contributed by atoms with Crippen molar-refractivity contribution in [2.45, 2.75) is 25.8 Å². The molecular weight excluding hydrogens is 395 g/mol. The Morgan fingerprint density at radius 3 is 2.52 bits per heavy atom. The molecule has 7 heteroatoms. The van der Waals surface area contributed by atoms with Gasteiger partial charge >= 0.3 is 0 Å². The number of fused-ring (bicyclic) bond motifs is 1. The quantitative estimate of drug-likeness (QED) is 0.571. The molecule has 0 N–H and O–H groups in total. The van der Waals surface area contributed by atoms with Crippen molar-refractivity contribution in [3.63, 3.8) is 0 Å². The summed E-state index contributed by atoms with van der Waals surface area (Å²) in [4.78, 5) is 26.6. The zero-order valence-electron chi connectivity index (χ0n) is 15.5. The van der Waals surface area contributed by atoms with Gasteiger partial charge in [-0.25, -0.2) is 4.39 Å². The van der Waals surface area contributed by atoms with Gasteiger partial charge in [-0.3, -0.25) is 9.59 Å². The molecule has 1 aromatic heterocycles. The van der Waals surface area contributed by atoms with E-state index in [1.807, 2.05) is 12.1 Å². The Labute approximate surface area is 172 Å². The fourth-order valence-electron chi connectivity index (χ4n) is 3.41. The van der Waals surface area contributed by atoms with Crippen LogP contribution in [0.25, 0.3) is 11.3 Å². The first kappa shape index (κ1) is 19.3. The molecule has 4 rings (SSSR count). The van der Waals surface area contributed by atoms with Gasteiger partial charge in [0.25, 0.3) is 0 Å². The minimum absolute atomic E-state index is 0.0848. The van der Waals surface area contributed by atoms with Crippen LogP contribution in [0.1, 0.15) is 34.5 Å². The van der Waals surface area contributed by atoms with E-state index in [1.165, 1.54) is 24.3 Å². The third kappa shape index (κ3) is 4.22. The zero-order chi connectivity index (χ0) is 20.4. The van der Waals surface area contributed by atoms with Gasteiger partial charge in [0, 0.05) is 47.5 Å². The molecule has 3 aromatic rings. The summed E-state index contributed by atoms with van der Waals surface area (Å²) in [6, 6.07) is 12.6. The molecule has 0 atom stereocenters. The first-order valence-corrected chi connectivity index (χ1v) is 9.69. The molecule has 0 radical (unpaired) electrons. The summed E-state index contributed by atoms with van der Waals surface area (Å²) >= 11 is 5.95. The maximum Gasteiger partial charge on any atom is 0.223 e. The van der Waals surface area contributed by atoms with E-state index in [0.29, 0.717) is 35.9 Å². The van der Waals surface area contributed by atoms with Crippen molar-refractivity contribution >= 4 is 23.3 Å². The lowest BCUT2D eigenvalue weighted by molar-refractivity contribution is -0.132. The predicted molar refractivity (Wildman–Crippen MR) is 106 cm³/mol. The third-order valence-corrected chi connectivity index (χ3v) is 5.28. The second kappa shape index (κ2) is 8.17. The van der Waals surface area contributed by atoms with Crippen molar-refractivity contribution in [3.05, 3.63) is 76.2 Å². The summed E-state index contributed by atoms with van der Waals surface area (Å²) in [6.07, 6.45) is 0.790. The summed E-state index contributed by atoms with van der Waals surface area (Å²) in [5.41, 5.74) is 2.99. The number of amides is 1. The number of nitrogens with zero attached hydrogens (tertiary/aromatic N) is 2. The number of carbonyl (C=O) groups excluding carboxylic acids is 2. The van der Waals surface area contributed by atoms with Crippen LogP contribution in [-0.4, -0.2) is 28.3 Å². The summed E-state index contributed by atoms with van der Waals surface area (Å²) in [6.45, 7) is 0.920. The van der Waals surface area contributed by atoms with Crippen molar-refractivity contribution in [1.82, 2.24) is 10.1 Å². The average molecular weight is 413 g/mol. The van der Waals surface area contributed by atoms with E-state index in [0.717, 1.165) is 16.8 Å². The van der Waals surface area contributed by atoms with E-state index < -0.39 is 5.82 Å². The summed E-state index contributed by atoms with van der Waals surface area (Å²) in [5, 5.41) is 4.77. The van der Waals surface area contributed by atoms with Crippen LogP contribution >= 0.6 is 11.6 Å². The molecule has 0 bridgehead atoms. The molecule has 1 aliphatic rings. The topological polar surface area (TPSA) is 63.4 Å². The third-order valence-electron chi connectivity index (χ3n) is 5.03. The van der Waals surface area contributed by atoms with E-state index in [4.69, 9.17) is 16.1 Å². The summed E-state index contributed by atoms with van der Waals surface area (Å²) < 4.78 is 18.5. The van der Waals surface area contributed by atoms with Gasteiger partial charge in [0.2, 0.25) is 5.91 Å². The number of halogens is 2. The molecule has 5 nitrogen and oxygen atoms in total. The Morgan fingerprint density at radius 2 is 1.79 bits per heavy atom. The van der Waals surface area contributed by atoms with E-state index in [-0.39, 0.29) is 24.5 Å². The molecule has 1 amide bonds. The smallest absolute Gasteiger partial charge is 0.223 e. The van der Waals surface area contributed by atoms with Crippen LogP contribution < -0.4 is 0 Å². The van der Waals surface area contributed by atoms with E-state index in [2.05, 4.69) is 5.16 Å². The Bertz CT molecular complexity index is 1040. The van der Waals surface area contributed by atoms with Crippen molar-refractivity contribution in [2.24, 2.45) is 0 Å². The molecule has 0 saturated heterocycles. The maximum absolute atomic E-state index is 13.0. The lowest BCUT2D eigenvalue weighted by atomic mass is 10.0. The highest BCUT2D eigenvalue weighted by Crippen LogP contribution is 2.31. The van der Waals surface area contributed by atoms with E-state index in [9.17, 15) is 14.0 Å². The highest BCUT2D eigenvalue weighted by molar-refractivity contribution is 6.30. The van der Waals surface area contributed by atoms with Crippen molar-refractivity contribution in [3.8, 4) is 11.3 Å². The van der Waals surface area contributed by atoms with Crippen LogP contribution in [-0.2, 0) is 17.8 Å². The monoisotopic (exact) mass is 412 g/mol. The van der Waals surface area contributed by atoms with Gasteiger partial charge in [0.1, 0.15) is 5.82 Å². The van der Waals surface area contributed by atoms with Crippen LogP contribution in [0.5, 0.6) is 0 Å². The fourth-order valence-corrected chi connectivity index (χ4v) is 3.54. The Hall–Kier alpha value is -2.99. The normalized spacial score (nSPS) is 13.2. The van der Waals surface area contributed by atoms with Crippen LogP contribution in [0.15, 0.2) is 53.1 Å². The molecule has 148 valence electrons. The highest BCUT2D eigenvalue weighted by Gasteiger charge is 2.27. The fraction of sp³-hybridized carbons (Fsp3) is 0.227. The van der Waals surface area contributed by atoms with Gasteiger partial charge in [-0.05, 0) is 48.5 Å². The lowest BCUT2D eigenvalue weighted by Crippen LogP contribution is -2.36. The highest BCUT2D eigenvalue weighted by atomic mass is 35.5. The number of benzene rings is 2. The molecule has 29 heavy (non-hydrogen) atoms. The zero-order valence-corrected chi connectivity index (χ0v) is 16.3. The second-order valence-electron chi connectivity index (χ2n) is 6.94. The minimum Gasteiger partial charge on any atom is -0.356 e. The van der Waals surface area contributed by atoms with Crippen molar-refractivity contribution in [2.75, 3.05) is 6.54 Å². The standard InChI is InChI=1S/C22H18ClFN2O3/c23-16-5-1-15(2-6-16)22-18-13-26(12-11-19(18)25-29-22)21(28)10-9-20(27)14-3-7-17(24)8-4-14/h1-8H,9-13H2. The summed E-state index contributed by atoms with van der Waals surface area (Å²) in [5.74, 6) is -0.0410. The molecule has 0 aliphatic carbocycles. The first-order valence-electron chi connectivity index (χ1n) is 9.31. The molecule has 2 heterocycles. The Balaban J connectivity index is 1.42. The number of hydrogen-bond donors (Lipinski definition) is 0. The molecule has 0 fully saturated rings. The number of Topliss-reactive ketones (excluding diaryl/α,β-unsaturated/α-hetero) is 1. The number of hydrogen-bond acceptors (Lipinski definition) is 4. The first-order chi connectivity index (χ1) is 14.0. The molecule has 1 aliphatic heterocycles. The predicted octanol–water partition coefficient (Wildman–Crippen LogP) is 4.68. The molecular formula is C22H18ClFN2O3. The number of ketones is 1.